The van der Waals surface area contributed by atoms with Gasteiger partial charge in [-0.15, -0.1) is 0 Å². The van der Waals surface area contributed by atoms with Crippen molar-refractivity contribution in [2.24, 2.45) is 5.92 Å². The van der Waals surface area contributed by atoms with Crippen LogP contribution in [0, 0.1) is 29.6 Å². The molecule has 0 radical (unpaired) electrons. The number of carbonyl (C=O) groups excluding carboxylic acids is 2. The van der Waals surface area contributed by atoms with Gasteiger partial charge in [-0.25, -0.2) is 4.79 Å². The molecule has 0 aliphatic rings. The molecular weight excluding hydrogens is 329 g/mol. The number of carbonyl (C=O) groups is 2. The van der Waals surface area contributed by atoms with Crippen molar-refractivity contribution in [2.75, 3.05) is 18.1 Å². The van der Waals surface area contributed by atoms with Crippen LogP contribution < -0.4 is 5.32 Å². The van der Waals surface area contributed by atoms with Gasteiger partial charge >= 0.3 is 5.97 Å². The Morgan fingerprint density at radius 2 is 2.00 bits per heavy atom. The molecule has 0 saturated carbocycles. The second kappa shape index (κ2) is 14.6. The van der Waals surface area contributed by atoms with Crippen LogP contribution >= 0.6 is 21.2 Å². The lowest BCUT2D eigenvalue weighted by Crippen LogP contribution is -2.37. The minimum atomic E-state index is -0.612. The fourth-order valence-electron chi connectivity index (χ4n) is 1.81. The molecular formula is C17H26NO3PS. The summed E-state index contributed by atoms with van der Waals surface area (Å²) in [6.07, 6.45) is 2.18. The van der Waals surface area contributed by atoms with E-state index in [-0.39, 0.29) is 6.04 Å². The summed E-state index contributed by atoms with van der Waals surface area (Å²) in [5.41, 5.74) is 0. The van der Waals surface area contributed by atoms with Crippen molar-refractivity contribution in [1.29, 1.82) is 0 Å². The normalized spacial score (nSPS) is 11.0. The molecule has 2 unspecified atom stereocenters. The topological polar surface area (TPSA) is 55.4 Å². The summed E-state index contributed by atoms with van der Waals surface area (Å²) in [4.78, 5) is 22.8. The highest BCUT2D eigenvalue weighted by Gasteiger charge is 2.17. The van der Waals surface area contributed by atoms with Crippen LogP contribution in [0.5, 0.6) is 0 Å². The van der Waals surface area contributed by atoms with Crippen molar-refractivity contribution < 1.29 is 14.1 Å². The van der Waals surface area contributed by atoms with Gasteiger partial charge < -0.3 is 9.84 Å². The van der Waals surface area contributed by atoms with Crippen LogP contribution in [0.3, 0.4) is 0 Å². The molecule has 0 spiro atoms. The smallest absolute Gasteiger partial charge is 0.387 e. The first-order chi connectivity index (χ1) is 11.0. The molecule has 0 aliphatic carbocycles. The fourth-order valence-corrected chi connectivity index (χ4v) is 2.72. The van der Waals surface area contributed by atoms with Crippen LogP contribution in [0.2, 0.25) is 0 Å². The number of thioether (sulfide) groups is 1. The highest BCUT2D eigenvalue weighted by atomic mass is 32.2. The lowest BCUT2D eigenvalue weighted by Gasteiger charge is -2.17. The maximum Gasteiger partial charge on any atom is 0.387 e. The van der Waals surface area contributed by atoms with E-state index in [1.165, 1.54) is 0 Å². The predicted molar refractivity (Wildman–Crippen MR) is 99.8 cm³/mol. The lowest BCUT2D eigenvalue weighted by atomic mass is 10.0. The first-order valence-electron chi connectivity index (χ1n) is 7.74. The van der Waals surface area contributed by atoms with Crippen LogP contribution in [0.1, 0.15) is 40.0 Å². The Bertz CT molecular complexity index is 486. The molecule has 6 heteroatoms. The fraction of sp³-hybridized carbons (Fsp3) is 0.647. The second-order valence-corrected chi connectivity index (χ2v) is 6.74. The Morgan fingerprint density at radius 3 is 2.61 bits per heavy atom. The third-order valence-electron chi connectivity index (χ3n) is 2.79. The molecule has 0 fully saturated rings. The lowest BCUT2D eigenvalue weighted by molar-refractivity contribution is -0.127. The zero-order valence-electron chi connectivity index (χ0n) is 14.1. The van der Waals surface area contributed by atoms with Gasteiger partial charge in [0.25, 0.3) is 0 Å². The van der Waals surface area contributed by atoms with Crippen molar-refractivity contribution in [2.45, 2.75) is 46.1 Å². The van der Waals surface area contributed by atoms with E-state index in [1.54, 1.807) is 11.8 Å². The third kappa shape index (κ3) is 13.2. The first kappa shape index (κ1) is 22.0. The van der Waals surface area contributed by atoms with Crippen LogP contribution in [0.15, 0.2) is 0 Å². The number of likely N-dealkylation sites (N-methyl/N-ethyl adjacent to an activating group) is 1. The molecule has 0 bridgehead atoms. The number of Topliss-reactive ketones (excluding diaryl/α,β-unsaturated/α-hetero) is 1. The molecule has 0 aromatic rings. The maximum atomic E-state index is 12.1. The number of nitrogens with one attached hydrogen (secondary N) is 1. The third-order valence-corrected chi connectivity index (χ3v) is 4.02. The number of ketones is 1. The van der Waals surface area contributed by atoms with Gasteiger partial charge in [-0.2, -0.15) is 11.8 Å². The van der Waals surface area contributed by atoms with Crippen LogP contribution in [0.4, 0.5) is 0 Å². The largest absolute Gasteiger partial charge is 0.442 e. The van der Waals surface area contributed by atoms with Gasteiger partial charge in [-0.1, -0.05) is 26.7 Å². The van der Waals surface area contributed by atoms with Gasteiger partial charge in [-0.3, -0.25) is 4.79 Å². The Hall–Kier alpha value is -1.00. The molecule has 1 N–H and O–H groups in total. The van der Waals surface area contributed by atoms with Crippen LogP contribution in [-0.4, -0.2) is 35.8 Å². The summed E-state index contributed by atoms with van der Waals surface area (Å²) in [5.74, 6) is 12.1. The van der Waals surface area contributed by atoms with Gasteiger partial charge in [0.2, 0.25) is 0 Å². The molecule has 128 valence electrons. The zero-order valence-corrected chi connectivity index (χ0v) is 16.1. The first-order valence-corrected chi connectivity index (χ1v) is 9.37. The van der Waals surface area contributed by atoms with Crippen LogP contribution in [-0.2, 0) is 14.1 Å². The van der Waals surface area contributed by atoms with E-state index in [9.17, 15) is 9.59 Å². The summed E-state index contributed by atoms with van der Waals surface area (Å²) < 4.78 is 4.29. The molecule has 0 aromatic heterocycles. The SMILES string of the molecule is CCNC(CCSCCC#CC#CC(=O)OP)C(=O)CC(C)C. The molecule has 0 aromatic carbocycles. The number of hydrogen-bond donors (Lipinski definition) is 1. The molecule has 23 heavy (non-hydrogen) atoms. The summed E-state index contributed by atoms with van der Waals surface area (Å²) in [7, 11) is 1.84. The van der Waals surface area contributed by atoms with E-state index < -0.39 is 5.97 Å². The molecule has 0 saturated heterocycles. The van der Waals surface area contributed by atoms with E-state index in [0.29, 0.717) is 24.5 Å². The zero-order chi connectivity index (χ0) is 17.5. The molecule has 0 amide bonds. The second-order valence-electron chi connectivity index (χ2n) is 5.28. The van der Waals surface area contributed by atoms with Crippen molar-refractivity contribution in [3.63, 3.8) is 0 Å². The summed E-state index contributed by atoms with van der Waals surface area (Å²) in [6, 6.07) is -0.0372. The van der Waals surface area contributed by atoms with Gasteiger partial charge in [0, 0.05) is 24.5 Å². The summed E-state index contributed by atoms with van der Waals surface area (Å²) in [6.45, 7) is 6.96. The van der Waals surface area contributed by atoms with Gasteiger partial charge in [-0.05, 0) is 36.5 Å². The van der Waals surface area contributed by atoms with Gasteiger partial charge in [0.15, 0.2) is 0 Å². The number of rotatable bonds is 10. The van der Waals surface area contributed by atoms with E-state index >= 15 is 0 Å². The Labute approximate surface area is 146 Å². The van der Waals surface area contributed by atoms with Crippen molar-refractivity contribution in [1.82, 2.24) is 5.32 Å². The minimum Gasteiger partial charge on any atom is -0.442 e. The maximum absolute atomic E-state index is 12.1. The van der Waals surface area contributed by atoms with E-state index in [1.807, 2.05) is 16.4 Å². The van der Waals surface area contributed by atoms with Crippen molar-refractivity contribution in [3.05, 3.63) is 0 Å². The highest BCUT2D eigenvalue weighted by Crippen LogP contribution is 2.10. The number of hydrogen-bond acceptors (Lipinski definition) is 5. The summed E-state index contributed by atoms with van der Waals surface area (Å²) >= 11 is 1.77. The van der Waals surface area contributed by atoms with E-state index in [0.717, 1.165) is 24.5 Å². The molecule has 0 heterocycles. The summed E-state index contributed by atoms with van der Waals surface area (Å²) in [5, 5.41) is 3.27. The Morgan fingerprint density at radius 1 is 1.26 bits per heavy atom. The highest BCUT2D eigenvalue weighted by molar-refractivity contribution is 7.99. The molecule has 0 rings (SSSR count). The van der Waals surface area contributed by atoms with E-state index in [4.69, 9.17) is 0 Å². The average Bonchev–Trinajstić information content (AvgIpc) is 2.51. The van der Waals surface area contributed by atoms with E-state index in [2.05, 4.69) is 47.4 Å². The molecule has 4 nitrogen and oxygen atoms in total. The molecule has 2 atom stereocenters. The quantitative estimate of drug-likeness (QED) is 0.371. The standard InChI is InChI=1S/C17H26NO3PS/c1-4-18-15(16(19)13-14(2)3)10-12-23-11-8-6-5-7-9-17(20)21-22/h14-15,18H,4,8,10-13,22H2,1-3H3. The monoisotopic (exact) mass is 355 g/mol. The van der Waals surface area contributed by atoms with Gasteiger partial charge in [0.05, 0.1) is 15.5 Å². The van der Waals surface area contributed by atoms with Gasteiger partial charge in [0.1, 0.15) is 5.78 Å². The van der Waals surface area contributed by atoms with Crippen molar-refractivity contribution >= 4 is 33.0 Å². The molecule has 0 aliphatic heterocycles. The Balaban J connectivity index is 3.94. The van der Waals surface area contributed by atoms with Crippen molar-refractivity contribution in [3.8, 4) is 23.7 Å². The average molecular weight is 355 g/mol. The Kier molecular flexibility index (Phi) is 13.9. The predicted octanol–water partition coefficient (Wildman–Crippen LogP) is 2.43. The van der Waals surface area contributed by atoms with Crippen LogP contribution in [0.25, 0.3) is 0 Å². The minimum absolute atomic E-state index is 0.0372.